The summed E-state index contributed by atoms with van der Waals surface area (Å²) in [6, 6.07) is 22.1. The highest BCUT2D eigenvalue weighted by Crippen LogP contribution is 2.31. The van der Waals surface area contributed by atoms with Crippen LogP contribution < -0.4 is 11.4 Å². The molecule has 2 aromatic heterocycles. The molecule has 0 saturated carbocycles. The number of nitrogens with two attached hydrogens (primary N) is 1. The number of piperidine rings is 2. The number of hydrogen-bond donors (Lipinski definition) is 1. The molecule has 0 bridgehead atoms. The molecule has 1 atom stereocenters. The lowest BCUT2D eigenvalue weighted by Gasteiger charge is -2.37. The van der Waals surface area contributed by atoms with E-state index in [0.717, 1.165) is 54.7 Å². The maximum absolute atomic E-state index is 14.6. The third-order valence-corrected chi connectivity index (χ3v) is 10.2. The van der Waals surface area contributed by atoms with Crippen molar-refractivity contribution in [3.63, 3.8) is 0 Å². The van der Waals surface area contributed by atoms with Gasteiger partial charge in [0.05, 0.1) is 17.1 Å². The summed E-state index contributed by atoms with van der Waals surface area (Å²) >= 11 is 0. The molecule has 8 nitrogen and oxygen atoms in total. The highest BCUT2D eigenvalue weighted by Gasteiger charge is 2.33. The van der Waals surface area contributed by atoms with E-state index in [2.05, 4.69) is 9.88 Å². The molecule has 2 saturated heterocycles. The van der Waals surface area contributed by atoms with Crippen LogP contribution in [0, 0.1) is 17.6 Å². The Morgan fingerprint density at radius 2 is 1.48 bits per heavy atom. The minimum Gasteiger partial charge on any atom is -0.384 e. The number of amides is 1. The van der Waals surface area contributed by atoms with Gasteiger partial charge >= 0.3 is 5.69 Å². The minimum absolute atomic E-state index is 0.00298. The predicted molar refractivity (Wildman–Crippen MR) is 183 cm³/mol. The van der Waals surface area contributed by atoms with Gasteiger partial charge in [-0.1, -0.05) is 36.4 Å². The number of halogens is 2. The molecule has 10 heteroatoms. The number of nitrogens with zero attached hydrogens (tertiary/aromatic N) is 5. The second kappa shape index (κ2) is 13.4. The molecular formula is C38H40F2N6O2. The Kier molecular flexibility index (Phi) is 8.83. The van der Waals surface area contributed by atoms with E-state index in [9.17, 15) is 18.4 Å². The number of aromatic nitrogens is 3. The van der Waals surface area contributed by atoms with Crippen LogP contribution >= 0.6 is 0 Å². The van der Waals surface area contributed by atoms with Gasteiger partial charge in [-0.3, -0.25) is 18.8 Å². The number of nitrogen functional groups attached to an aromatic ring is 1. The van der Waals surface area contributed by atoms with Gasteiger partial charge in [0.2, 0.25) is 5.91 Å². The summed E-state index contributed by atoms with van der Waals surface area (Å²) in [6.07, 6.45) is 4.68. The number of anilines is 1. The van der Waals surface area contributed by atoms with Crippen LogP contribution in [0.15, 0.2) is 89.9 Å². The molecule has 2 fully saturated rings. The molecule has 248 valence electrons. The van der Waals surface area contributed by atoms with Crippen molar-refractivity contribution in [2.24, 2.45) is 5.92 Å². The molecular weight excluding hydrogens is 610 g/mol. The summed E-state index contributed by atoms with van der Waals surface area (Å²) in [5, 5.41) is 0. The van der Waals surface area contributed by atoms with Gasteiger partial charge in [-0.15, -0.1) is 0 Å². The minimum atomic E-state index is -0.399. The van der Waals surface area contributed by atoms with Crippen LogP contribution in [-0.2, 0) is 11.3 Å². The van der Waals surface area contributed by atoms with Gasteiger partial charge in [0.25, 0.3) is 0 Å². The van der Waals surface area contributed by atoms with Gasteiger partial charge in [-0.05, 0) is 110 Å². The normalized spacial score (nSPS) is 17.2. The standard InChI is InChI=1S/C38H40F2N6O2/c1-25(27-2-4-28(5-3-27)29-6-8-31(39)9-7-29)45-35-23-32(40)10-11-34(35)46(38(45)48)33-15-20-44(21-16-33)37(47)30-13-18-43(19-14-30)24-26-12-17-42-36(41)22-26/h2-12,17,22-23,25,30,33H,13-16,18-21,24H2,1H3,(H2,41,42). The first-order valence-corrected chi connectivity index (χ1v) is 16.7. The van der Waals surface area contributed by atoms with E-state index < -0.39 is 5.82 Å². The van der Waals surface area contributed by atoms with Gasteiger partial charge in [0, 0.05) is 37.8 Å². The van der Waals surface area contributed by atoms with Crippen molar-refractivity contribution in [2.45, 2.75) is 51.2 Å². The van der Waals surface area contributed by atoms with E-state index >= 15 is 0 Å². The Morgan fingerprint density at radius 3 is 2.15 bits per heavy atom. The first-order chi connectivity index (χ1) is 23.2. The van der Waals surface area contributed by atoms with Crippen molar-refractivity contribution in [3.05, 3.63) is 118 Å². The average Bonchev–Trinajstić information content (AvgIpc) is 3.39. The fourth-order valence-corrected chi connectivity index (χ4v) is 7.48. The summed E-state index contributed by atoms with van der Waals surface area (Å²) in [4.78, 5) is 36.1. The van der Waals surface area contributed by atoms with Crippen LogP contribution in [0.4, 0.5) is 14.6 Å². The number of likely N-dealkylation sites (tertiary alicyclic amines) is 2. The molecule has 0 aliphatic carbocycles. The molecule has 5 aromatic rings. The molecule has 0 spiro atoms. The zero-order valence-electron chi connectivity index (χ0n) is 27.1. The monoisotopic (exact) mass is 650 g/mol. The van der Waals surface area contributed by atoms with E-state index in [1.807, 2.05) is 52.8 Å². The Balaban J connectivity index is 1.04. The van der Waals surface area contributed by atoms with Gasteiger partial charge in [0.15, 0.2) is 0 Å². The van der Waals surface area contributed by atoms with Crippen molar-refractivity contribution in [3.8, 4) is 11.1 Å². The van der Waals surface area contributed by atoms with Crippen LogP contribution in [0.1, 0.15) is 55.8 Å². The van der Waals surface area contributed by atoms with Crippen LogP contribution in [0.5, 0.6) is 0 Å². The number of carbonyl (C=O) groups is 1. The van der Waals surface area contributed by atoms with Crippen LogP contribution in [-0.4, -0.2) is 56.0 Å². The summed E-state index contributed by atoms with van der Waals surface area (Å²) < 4.78 is 31.5. The third-order valence-electron chi connectivity index (χ3n) is 10.2. The maximum Gasteiger partial charge on any atom is 0.329 e. The van der Waals surface area contributed by atoms with Crippen molar-refractivity contribution in [1.82, 2.24) is 23.9 Å². The van der Waals surface area contributed by atoms with Crippen molar-refractivity contribution >= 4 is 22.8 Å². The smallest absolute Gasteiger partial charge is 0.329 e. The van der Waals surface area contributed by atoms with E-state index in [0.29, 0.717) is 42.8 Å². The topological polar surface area (TPSA) is 89.4 Å². The van der Waals surface area contributed by atoms with Crippen LogP contribution in [0.25, 0.3) is 22.2 Å². The number of rotatable bonds is 7. The quantitative estimate of drug-likeness (QED) is 0.220. The van der Waals surface area contributed by atoms with Crippen LogP contribution in [0.3, 0.4) is 0 Å². The first-order valence-electron chi connectivity index (χ1n) is 16.7. The molecule has 2 aliphatic heterocycles. The molecule has 1 amide bonds. The number of benzene rings is 3. The second-order valence-corrected chi connectivity index (χ2v) is 13.2. The molecule has 0 radical (unpaired) electrons. The second-order valence-electron chi connectivity index (χ2n) is 13.2. The lowest BCUT2D eigenvalue weighted by Crippen LogP contribution is -2.46. The number of pyridine rings is 1. The van der Waals surface area contributed by atoms with E-state index in [-0.39, 0.29) is 35.4 Å². The number of carbonyl (C=O) groups excluding carboxylic acids is 1. The lowest BCUT2D eigenvalue weighted by molar-refractivity contribution is -0.138. The molecule has 2 N–H and O–H groups in total. The predicted octanol–water partition coefficient (Wildman–Crippen LogP) is 6.41. The Bertz CT molecular complexity index is 1970. The molecule has 7 rings (SSSR count). The summed E-state index contributed by atoms with van der Waals surface area (Å²) in [6.45, 7) is 5.62. The lowest BCUT2D eigenvalue weighted by atomic mass is 9.93. The fourth-order valence-electron chi connectivity index (χ4n) is 7.48. The summed E-state index contributed by atoms with van der Waals surface area (Å²) in [7, 11) is 0. The Hall–Kier alpha value is -4.83. The fraction of sp³-hybridized carbons (Fsp3) is 0.342. The number of imidazole rings is 1. The summed E-state index contributed by atoms with van der Waals surface area (Å²) in [5.74, 6) is 0.0383. The van der Waals surface area contributed by atoms with E-state index in [1.54, 1.807) is 29.0 Å². The molecule has 4 heterocycles. The third kappa shape index (κ3) is 6.36. The zero-order chi connectivity index (χ0) is 33.4. The molecule has 3 aromatic carbocycles. The molecule has 48 heavy (non-hydrogen) atoms. The number of hydrogen-bond acceptors (Lipinski definition) is 5. The zero-order valence-corrected chi connectivity index (χ0v) is 27.1. The molecule has 2 aliphatic rings. The average molecular weight is 651 g/mol. The van der Waals surface area contributed by atoms with Crippen LogP contribution in [0.2, 0.25) is 0 Å². The van der Waals surface area contributed by atoms with Gasteiger partial charge in [0.1, 0.15) is 17.5 Å². The SMILES string of the molecule is CC(c1ccc(-c2ccc(F)cc2)cc1)n1c(=O)n(C2CCN(C(=O)C3CCN(Cc4ccnc(N)c4)CC3)CC2)c2ccc(F)cc21. The maximum atomic E-state index is 14.6. The van der Waals surface area contributed by atoms with Crippen molar-refractivity contribution < 1.29 is 13.6 Å². The largest absolute Gasteiger partial charge is 0.384 e. The molecule has 1 unspecified atom stereocenters. The van der Waals surface area contributed by atoms with Gasteiger partial charge in [-0.2, -0.15) is 0 Å². The number of fused-ring (bicyclic) bond motifs is 1. The highest BCUT2D eigenvalue weighted by atomic mass is 19.1. The van der Waals surface area contributed by atoms with Crippen molar-refractivity contribution in [1.29, 1.82) is 0 Å². The van der Waals surface area contributed by atoms with Gasteiger partial charge < -0.3 is 10.6 Å². The summed E-state index contributed by atoms with van der Waals surface area (Å²) in [5.41, 5.74) is 10.8. The Labute approximate surface area is 278 Å². The highest BCUT2D eigenvalue weighted by molar-refractivity contribution is 5.79. The Morgan fingerprint density at radius 1 is 0.833 bits per heavy atom. The first kappa shape index (κ1) is 31.8. The van der Waals surface area contributed by atoms with E-state index in [4.69, 9.17) is 5.73 Å². The van der Waals surface area contributed by atoms with E-state index in [1.165, 1.54) is 24.3 Å². The van der Waals surface area contributed by atoms with Crippen molar-refractivity contribution in [2.75, 3.05) is 31.9 Å². The van der Waals surface area contributed by atoms with Gasteiger partial charge in [-0.25, -0.2) is 18.6 Å².